The lowest BCUT2D eigenvalue weighted by Crippen LogP contribution is -2.34. The van der Waals surface area contributed by atoms with Crippen molar-refractivity contribution in [3.8, 4) is 0 Å². The minimum absolute atomic E-state index is 1.04. The molecule has 0 bridgehead atoms. The number of anilines is 2. The summed E-state index contributed by atoms with van der Waals surface area (Å²) in [6, 6.07) is 8.53. The summed E-state index contributed by atoms with van der Waals surface area (Å²) in [5.74, 6) is 0. The summed E-state index contributed by atoms with van der Waals surface area (Å²) < 4.78 is 0. The summed E-state index contributed by atoms with van der Waals surface area (Å²) >= 11 is 0. The number of rotatable bonds is 2. The summed E-state index contributed by atoms with van der Waals surface area (Å²) in [5.41, 5.74) is 2.65. The van der Waals surface area contributed by atoms with Gasteiger partial charge in [0.2, 0.25) is 0 Å². The Morgan fingerprint density at radius 1 is 1.00 bits per heavy atom. The van der Waals surface area contributed by atoms with Crippen LogP contribution in [0.2, 0.25) is 0 Å². The fourth-order valence-electron chi connectivity index (χ4n) is 1.75. The molecule has 0 amide bonds. The van der Waals surface area contributed by atoms with E-state index in [2.05, 4.69) is 55.3 Å². The number of fused-ring (bicyclic) bond motifs is 1. The number of benzene rings is 1. The van der Waals surface area contributed by atoms with Crippen LogP contribution in [-0.2, 0) is 0 Å². The van der Waals surface area contributed by atoms with Gasteiger partial charge in [0.1, 0.15) is 0 Å². The molecule has 1 aromatic rings. The normalized spacial score (nSPS) is 14.3. The Hall–Kier alpha value is -1.12. The Morgan fingerprint density at radius 3 is 1.85 bits per heavy atom. The summed E-state index contributed by atoms with van der Waals surface area (Å²) in [5, 5.41) is 0. The van der Waals surface area contributed by atoms with Crippen LogP contribution in [0.4, 0.5) is 11.4 Å². The van der Waals surface area contributed by atoms with E-state index in [1.165, 1.54) is 11.4 Å². The highest BCUT2D eigenvalue weighted by atomic mass is 15.3. The van der Waals surface area contributed by atoms with Crippen molar-refractivity contribution in [2.75, 3.05) is 22.7 Å². The second kappa shape index (κ2) is 3.33. The minimum Gasteiger partial charge on any atom is -0.398 e. The van der Waals surface area contributed by atoms with Gasteiger partial charge < -0.3 is 9.62 Å². The molecule has 0 atom stereocenters. The van der Waals surface area contributed by atoms with Crippen molar-refractivity contribution in [1.29, 1.82) is 0 Å². The van der Waals surface area contributed by atoms with Gasteiger partial charge in [-0.15, -0.1) is 0 Å². The zero-order valence-electron chi connectivity index (χ0n) is 8.20. The third kappa shape index (κ3) is 1.28. The summed E-state index contributed by atoms with van der Waals surface area (Å²) in [4.78, 5) is 4.55. The van der Waals surface area contributed by atoms with Crippen LogP contribution in [0.15, 0.2) is 24.3 Å². The highest BCUT2D eigenvalue weighted by Crippen LogP contribution is 2.33. The molecule has 1 aliphatic heterocycles. The molecule has 0 spiro atoms. The quantitative estimate of drug-likeness (QED) is 0.630. The van der Waals surface area contributed by atoms with Crippen LogP contribution in [0.3, 0.4) is 0 Å². The van der Waals surface area contributed by atoms with Crippen LogP contribution in [0, 0.1) is 0 Å². The van der Waals surface area contributed by atoms with Crippen molar-refractivity contribution in [3.05, 3.63) is 24.3 Å². The third-order valence-electron chi connectivity index (χ3n) is 2.46. The summed E-state index contributed by atoms with van der Waals surface area (Å²) in [6.07, 6.45) is 0. The molecule has 67 valence electrons. The molecule has 2 nitrogen and oxygen atoms in total. The Morgan fingerprint density at radius 2 is 1.46 bits per heavy atom. The number of hydrogen-bond acceptors (Lipinski definition) is 2. The van der Waals surface area contributed by atoms with Gasteiger partial charge in [0.05, 0.1) is 0 Å². The molecule has 0 saturated carbocycles. The number of hydrogen-bond donors (Lipinski definition) is 0. The average molecular weight is 173 g/mol. The Bertz CT molecular complexity index is 272. The van der Waals surface area contributed by atoms with Crippen LogP contribution in [0.25, 0.3) is 0 Å². The molecule has 2 rings (SSSR count). The zero-order valence-corrected chi connectivity index (χ0v) is 8.20. The predicted octanol–water partition coefficient (Wildman–Crippen LogP) is 1.89. The molecule has 0 N–H and O–H groups in total. The fraction of sp³-hybridized carbons (Fsp3) is 0.400. The zero-order chi connectivity index (χ0) is 9.26. The fourth-order valence-corrected chi connectivity index (χ4v) is 1.75. The highest BCUT2D eigenvalue weighted by Gasteiger charge is 2.24. The van der Waals surface area contributed by atoms with Crippen molar-refractivity contribution in [3.63, 3.8) is 0 Å². The van der Waals surface area contributed by atoms with Gasteiger partial charge in [-0.25, -0.2) is 0 Å². The van der Waals surface area contributed by atoms with Gasteiger partial charge in [-0.1, -0.05) is 12.1 Å². The first-order chi connectivity index (χ1) is 6.36. The van der Waals surface area contributed by atoms with E-state index in [0.29, 0.717) is 0 Å². The number of nitrogens with zero attached hydrogens (tertiary/aromatic N) is 2. The molecule has 0 fully saturated rings. The maximum Gasteiger partial charge on any atom is 0.391 e. The average Bonchev–Trinajstić information content (AvgIpc) is 2.56. The number of para-hydroxylation sites is 2. The standard InChI is InChI=1S/C10H14BN2/c1-3-12-9-7-5-6-8-10(9)13(4-2)11-12/h5-8H,3-4H2,1-2H3. The van der Waals surface area contributed by atoms with Gasteiger partial charge in [0.25, 0.3) is 0 Å². The largest absolute Gasteiger partial charge is 0.398 e. The van der Waals surface area contributed by atoms with E-state index >= 15 is 0 Å². The molecule has 1 aliphatic rings. The van der Waals surface area contributed by atoms with Crippen LogP contribution < -0.4 is 9.62 Å². The van der Waals surface area contributed by atoms with Crippen LogP contribution in [0.1, 0.15) is 13.8 Å². The van der Waals surface area contributed by atoms with Gasteiger partial charge in [-0.05, 0) is 26.0 Å². The van der Waals surface area contributed by atoms with Gasteiger partial charge in [0.15, 0.2) is 0 Å². The molecule has 1 heterocycles. The predicted molar refractivity (Wildman–Crippen MR) is 58.2 cm³/mol. The van der Waals surface area contributed by atoms with Crippen molar-refractivity contribution < 1.29 is 0 Å². The van der Waals surface area contributed by atoms with Crippen LogP contribution >= 0.6 is 0 Å². The van der Waals surface area contributed by atoms with Crippen molar-refractivity contribution in [2.24, 2.45) is 0 Å². The highest BCUT2D eigenvalue weighted by molar-refractivity contribution is 6.50. The van der Waals surface area contributed by atoms with Gasteiger partial charge in [-0.2, -0.15) is 0 Å². The van der Waals surface area contributed by atoms with E-state index in [0.717, 1.165) is 13.1 Å². The second-order valence-corrected chi connectivity index (χ2v) is 3.18. The molecule has 1 radical (unpaired) electrons. The SMILES string of the molecule is CCN1[B]N(CC)c2ccccc21. The van der Waals surface area contributed by atoms with E-state index in [9.17, 15) is 0 Å². The van der Waals surface area contributed by atoms with Crippen molar-refractivity contribution in [2.45, 2.75) is 13.8 Å². The molecular formula is C10H14BN2. The Balaban J connectivity index is 2.38. The molecule has 13 heavy (non-hydrogen) atoms. The van der Waals surface area contributed by atoms with Crippen LogP contribution in [0.5, 0.6) is 0 Å². The molecule has 0 unspecified atom stereocenters. The van der Waals surface area contributed by atoms with E-state index in [1.807, 2.05) is 0 Å². The summed E-state index contributed by atoms with van der Waals surface area (Å²) in [6.45, 7) is 6.42. The summed E-state index contributed by atoms with van der Waals surface area (Å²) in [7, 11) is 2.19. The van der Waals surface area contributed by atoms with E-state index < -0.39 is 0 Å². The maximum atomic E-state index is 2.28. The van der Waals surface area contributed by atoms with E-state index in [-0.39, 0.29) is 0 Å². The minimum atomic E-state index is 1.04. The molecule has 1 aromatic carbocycles. The molecule has 0 aliphatic carbocycles. The third-order valence-corrected chi connectivity index (χ3v) is 2.46. The monoisotopic (exact) mass is 173 g/mol. The van der Waals surface area contributed by atoms with Gasteiger partial charge in [0, 0.05) is 24.5 Å². The van der Waals surface area contributed by atoms with Crippen molar-refractivity contribution >= 4 is 18.9 Å². The molecule has 0 aromatic heterocycles. The lowest BCUT2D eigenvalue weighted by atomic mass is 10.1. The first kappa shape index (κ1) is 8.48. The molecule has 0 saturated heterocycles. The van der Waals surface area contributed by atoms with Gasteiger partial charge >= 0.3 is 7.55 Å². The molecular weight excluding hydrogens is 159 g/mol. The second-order valence-electron chi connectivity index (χ2n) is 3.18. The van der Waals surface area contributed by atoms with E-state index in [1.54, 1.807) is 0 Å². The van der Waals surface area contributed by atoms with Crippen LogP contribution in [-0.4, -0.2) is 20.6 Å². The molecule has 3 heteroatoms. The van der Waals surface area contributed by atoms with Gasteiger partial charge in [-0.3, -0.25) is 0 Å². The Kier molecular flexibility index (Phi) is 2.17. The smallest absolute Gasteiger partial charge is 0.391 e. The first-order valence-corrected chi connectivity index (χ1v) is 4.84. The van der Waals surface area contributed by atoms with E-state index in [4.69, 9.17) is 0 Å². The lowest BCUT2D eigenvalue weighted by molar-refractivity contribution is 1.08. The lowest BCUT2D eigenvalue weighted by Gasteiger charge is -2.15. The maximum absolute atomic E-state index is 2.28. The Labute approximate surface area is 80.4 Å². The topological polar surface area (TPSA) is 6.48 Å². The first-order valence-electron chi connectivity index (χ1n) is 4.84. The van der Waals surface area contributed by atoms with Crippen molar-refractivity contribution in [1.82, 2.24) is 0 Å².